The highest BCUT2D eigenvalue weighted by Gasteiger charge is 2.45. The number of carbonyl (C=O) groups is 1. The van der Waals surface area contributed by atoms with Crippen LogP contribution in [0, 0.1) is 6.92 Å². The van der Waals surface area contributed by atoms with Gasteiger partial charge in [0.1, 0.15) is 23.1 Å². The number of hydrogen-bond acceptors (Lipinski definition) is 7. The first-order valence-corrected chi connectivity index (χ1v) is 13.6. The van der Waals surface area contributed by atoms with Crippen molar-refractivity contribution in [2.45, 2.75) is 31.7 Å². The maximum Gasteiger partial charge on any atom is 0.252 e. The van der Waals surface area contributed by atoms with Crippen LogP contribution in [0.2, 0.25) is 10.0 Å². The van der Waals surface area contributed by atoms with Gasteiger partial charge in [-0.1, -0.05) is 41.9 Å². The third-order valence-electron chi connectivity index (χ3n) is 6.94. The van der Waals surface area contributed by atoms with Crippen LogP contribution in [0.3, 0.4) is 0 Å². The summed E-state index contributed by atoms with van der Waals surface area (Å²) >= 11 is 13.3. The van der Waals surface area contributed by atoms with E-state index in [1.165, 1.54) is 20.3 Å². The number of aromatic nitrogens is 2. The molecule has 1 saturated carbocycles. The number of nitrogens with one attached hydrogen (secondary N) is 3. The summed E-state index contributed by atoms with van der Waals surface area (Å²) in [4.78, 5) is 21.4. The van der Waals surface area contributed by atoms with Gasteiger partial charge in [-0.2, -0.15) is 0 Å². The second-order valence-electron chi connectivity index (χ2n) is 9.85. The molecule has 0 radical (unpaired) electrons. The molecule has 1 aliphatic carbocycles. The molecular weight excluding hydrogens is 587 g/mol. The number of carbonyl (C=O) groups excluding carboxylic acids is 1. The van der Waals surface area contributed by atoms with Gasteiger partial charge in [-0.05, 0) is 36.8 Å². The molecule has 218 valence electrons. The van der Waals surface area contributed by atoms with Crippen molar-refractivity contribution in [3.8, 4) is 22.8 Å². The van der Waals surface area contributed by atoms with Crippen LogP contribution in [-0.2, 0) is 4.79 Å². The number of para-hydroxylation sites is 1. The van der Waals surface area contributed by atoms with Gasteiger partial charge in [0.15, 0.2) is 0 Å². The summed E-state index contributed by atoms with van der Waals surface area (Å²) in [6.45, 7) is 5.39. The largest absolute Gasteiger partial charge is 0.495 e. The molecule has 1 aliphatic rings. The monoisotopic (exact) mass is 613 g/mol. The lowest BCUT2D eigenvalue weighted by molar-refractivity contribution is -0.111. The summed E-state index contributed by atoms with van der Waals surface area (Å²) in [6, 6.07) is 10.1. The van der Waals surface area contributed by atoms with Crippen molar-refractivity contribution in [3.63, 3.8) is 0 Å². The van der Waals surface area contributed by atoms with Crippen molar-refractivity contribution in [1.82, 2.24) is 9.97 Å². The predicted molar refractivity (Wildman–Crippen MR) is 163 cm³/mol. The number of halogens is 4. The lowest BCUT2D eigenvalue weighted by Gasteiger charge is -2.36. The molecular formula is C30H27Cl2F2N5O3. The van der Waals surface area contributed by atoms with Gasteiger partial charge >= 0.3 is 0 Å². The first-order chi connectivity index (χ1) is 20.0. The van der Waals surface area contributed by atoms with Crippen molar-refractivity contribution in [3.05, 3.63) is 70.9 Å². The van der Waals surface area contributed by atoms with Crippen molar-refractivity contribution >= 4 is 62.9 Å². The number of rotatable bonds is 9. The van der Waals surface area contributed by atoms with Gasteiger partial charge in [0.25, 0.3) is 5.92 Å². The van der Waals surface area contributed by atoms with E-state index in [4.69, 9.17) is 37.7 Å². The average molecular weight is 614 g/mol. The number of benzene rings is 2. The molecule has 12 heteroatoms. The molecule has 0 saturated heterocycles. The van der Waals surface area contributed by atoms with E-state index in [9.17, 15) is 13.6 Å². The maximum atomic E-state index is 13.7. The Balaban J connectivity index is 1.62. The summed E-state index contributed by atoms with van der Waals surface area (Å²) in [5, 5.41) is 10.9. The zero-order chi connectivity index (χ0) is 30.2. The molecule has 2 heterocycles. The Kier molecular flexibility index (Phi) is 8.12. The van der Waals surface area contributed by atoms with Gasteiger partial charge in [0.05, 0.1) is 41.3 Å². The molecule has 5 rings (SSSR count). The highest BCUT2D eigenvalue weighted by Crippen LogP contribution is 2.47. The van der Waals surface area contributed by atoms with Gasteiger partial charge in [-0.15, -0.1) is 0 Å². The fourth-order valence-corrected chi connectivity index (χ4v) is 5.46. The van der Waals surface area contributed by atoms with Crippen LogP contribution in [0.4, 0.5) is 31.8 Å². The van der Waals surface area contributed by atoms with Crippen LogP contribution >= 0.6 is 23.2 Å². The molecule has 2 aromatic heterocycles. The fraction of sp³-hybridized carbons (Fsp3) is 0.233. The van der Waals surface area contributed by atoms with Crippen molar-refractivity contribution in [2.75, 3.05) is 30.2 Å². The predicted octanol–water partition coefficient (Wildman–Crippen LogP) is 8.01. The van der Waals surface area contributed by atoms with Crippen molar-refractivity contribution < 1.29 is 23.0 Å². The van der Waals surface area contributed by atoms with Crippen LogP contribution in [0.25, 0.3) is 22.0 Å². The van der Waals surface area contributed by atoms with E-state index in [1.54, 1.807) is 30.5 Å². The molecule has 0 unspecified atom stereocenters. The molecule has 1 fully saturated rings. The lowest BCUT2D eigenvalue weighted by atomic mass is 9.88. The summed E-state index contributed by atoms with van der Waals surface area (Å²) in [5.74, 6) is -1.63. The second-order valence-corrected chi connectivity index (χ2v) is 10.6. The number of anilines is 4. The molecule has 3 N–H and O–H groups in total. The van der Waals surface area contributed by atoms with Crippen LogP contribution in [0.5, 0.6) is 11.5 Å². The Hall–Kier alpha value is -4.15. The smallest absolute Gasteiger partial charge is 0.252 e. The van der Waals surface area contributed by atoms with Crippen molar-refractivity contribution in [1.29, 1.82) is 0 Å². The van der Waals surface area contributed by atoms with Crippen LogP contribution in [-0.4, -0.2) is 42.1 Å². The average Bonchev–Trinajstić information content (AvgIpc) is 2.94. The normalized spacial score (nSPS) is 14.2. The summed E-state index contributed by atoms with van der Waals surface area (Å²) in [6.07, 6.45) is 2.17. The number of fused-ring (bicyclic) bond motifs is 1. The van der Waals surface area contributed by atoms with Crippen LogP contribution in [0.1, 0.15) is 18.4 Å². The number of hydrogen-bond donors (Lipinski definition) is 3. The van der Waals surface area contributed by atoms with Gasteiger partial charge in [0.2, 0.25) is 5.91 Å². The molecule has 4 aromatic rings. The Labute approximate surface area is 251 Å². The molecule has 0 bridgehead atoms. The number of aryl methyl sites for hydroxylation is 1. The van der Waals surface area contributed by atoms with Crippen molar-refractivity contribution in [2.24, 2.45) is 0 Å². The summed E-state index contributed by atoms with van der Waals surface area (Å²) < 4.78 is 38.3. The van der Waals surface area contributed by atoms with E-state index in [2.05, 4.69) is 27.5 Å². The zero-order valence-electron chi connectivity index (χ0n) is 22.9. The highest BCUT2D eigenvalue weighted by molar-refractivity contribution is 6.41. The Morgan fingerprint density at radius 3 is 2.43 bits per heavy atom. The minimum absolute atomic E-state index is 0.219. The number of ether oxygens (including phenoxy) is 2. The first kappa shape index (κ1) is 29.3. The minimum Gasteiger partial charge on any atom is -0.495 e. The summed E-state index contributed by atoms with van der Waals surface area (Å²) in [7, 11) is 2.94. The standard InChI is InChI=1S/C30H27Cl2F2N5O3/c1-5-24(40)37-19-8-6-7-15(2)28(19)39-23-10-18-16(14-35-23)9-20(38-29(18)36-17-12-30(33,34)13-17)25-26(31)21(41-3)11-22(42-4)27(25)32/h5-11,14,17H,1,12-13H2,2-4H3,(H,35,39)(H,36,38)(H,37,40). The molecule has 0 spiro atoms. The van der Waals surface area contributed by atoms with E-state index >= 15 is 0 Å². The van der Waals surface area contributed by atoms with E-state index in [-0.39, 0.29) is 28.8 Å². The third-order valence-corrected chi connectivity index (χ3v) is 7.69. The summed E-state index contributed by atoms with van der Waals surface area (Å²) in [5.41, 5.74) is 2.78. The highest BCUT2D eigenvalue weighted by atomic mass is 35.5. The number of nitrogens with zero attached hydrogens (tertiary/aromatic N) is 2. The van der Waals surface area contributed by atoms with Gasteiger partial charge in [-0.3, -0.25) is 4.79 Å². The molecule has 42 heavy (non-hydrogen) atoms. The molecule has 1 amide bonds. The quantitative estimate of drug-likeness (QED) is 0.164. The molecule has 0 aliphatic heterocycles. The van der Waals surface area contributed by atoms with Gasteiger partial charge in [-0.25, -0.2) is 18.7 Å². The number of pyridine rings is 2. The molecule has 0 atom stereocenters. The third kappa shape index (κ3) is 5.77. The minimum atomic E-state index is -2.73. The molecule has 2 aromatic carbocycles. The van der Waals surface area contributed by atoms with E-state index in [0.29, 0.717) is 56.5 Å². The van der Waals surface area contributed by atoms with Gasteiger partial charge in [0, 0.05) is 47.5 Å². The van der Waals surface area contributed by atoms with Crippen LogP contribution in [0.15, 0.2) is 55.3 Å². The van der Waals surface area contributed by atoms with Crippen LogP contribution < -0.4 is 25.4 Å². The SMILES string of the molecule is C=CC(=O)Nc1cccc(C)c1Nc1cc2c(NC3CC(F)(F)C3)nc(-c3c(Cl)c(OC)cc(OC)c3Cl)cc2cn1. The first-order valence-electron chi connectivity index (χ1n) is 12.9. The topological polar surface area (TPSA) is 97.4 Å². The zero-order valence-corrected chi connectivity index (χ0v) is 24.5. The van der Waals surface area contributed by atoms with Gasteiger partial charge < -0.3 is 25.4 Å². The second kappa shape index (κ2) is 11.6. The lowest BCUT2D eigenvalue weighted by Crippen LogP contribution is -2.44. The van der Waals surface area contributed by atoms with E-state index in [0.717, 1.165) is 5.56 Å². The Bertz CT molecular complexity index is 1680. The Morgan fingerprint density at radius 1 is 1.12 bits per heavy atom. The number of amides is 1. The van der Waals surface area contributed by atoms with E-state index in [1.807, 2.05) is 19.1 Å². The molecule has 8 nitrogen and oxygen atoms in total. The number of methoxy groups -OCH3 is 2. The number of alkyl halides is 2. The Morgan fingerprint density at radius 2 is 1.81 bits per heavy atom. The fourth-order valence-electron chi connectivity index (χ4n) is 4.77. The van der Waals surface area contributed by atoms with E-state index < -0.39 is 12.0 Å². The maximum absolute atomic E-state index is 13.7.